The zero-order valence-corrected chi connectivity index (χ0v) is 9.04. The van der Waals surface area contributed by atoms with Gasteiger partial charge in [0.2, 0.25) is 5.91 Å². The van der Waals surface area contributed by atoms with Crippen LogP contribution in [0.5, 0.6) is 0 Å². The van der Waals surface area contributed by atoms with E-state index in [-0.39, 0.29) is 17.6 Å². The molecule has 1 atom stereocenters. The van der Waals surface area contributed by atoms with Crippen molar-refractivity contribution in [3.63, 3.8) is 0 Å². The quantitative estimate of drug-likeness (QED) is 0.358. The number of rotatable bonds is 2. The summed E-state index contributed by atoms with van der Waals surface area (Å²) in [6, 6.07) is 0. The fraction of sp³-hybridized carbons (Fsp3) is 0.889. The number of hydrogen-bond acceptors (Lipinski definition) is 4. The van der Waals surface area contributed by atoms with Gasteiger partial charge in [0.25, 0.3) is 0 Å². The lowest BCUT2D eigenvalue weighted by Gasteiger charge is -2.41. The van der Waals surface area contributed by atoms with Crippen LogP contribution in [-0.2, 0) is 9.53 Å². The Balaban J connectivity index is 2.50. The Morgan fingerprint density at radius 2 is 2.36 bits per heavy atom. The molecule has 0 bridgehead atoms. The van der Waals surface area contributed by atoms with E-state index in [1.807, 2.05) is 20.8 Å². The molecule has 0 radical (unpaired) electrons. The van der Waals surface area contributed by atoms with E-state index in [9.17, 15) is 4.79 Å². The van der Waals surface area contributed by atoms with Gasteiger partial charge in [-0.1, -0.05) is 0 Å². The van der Waals surface area contributed by atoms with Crippen LogP contribution < -0.4 is 11.3 Å². The van der Waals surface area contributed by atoms with E-state index in [1.54, 1.807) is 0 Å². The summed E-state index contributed by atoms with van der Waals surface area (Å²) < 4.78 is 5.71. The maximum Gasteiger partial charge on any atom is 0.248 e. The molecule has 1 saturated heterocycles. The van der Waals surface area contributed by atoms with Crippen molar-refractivity contribution in [2.75, 3.05) is 19.6 Å². The smallest absolute Gasteiger partial charge is 0.248 e. The second-order valence-corrected chi connectivity index (χ2v) is 4.43. The zero-order valence-electron chi connectivity index (χ0n) is 9.04. The molecule has 5 heteroatoms. The molecule has 0 saturated carbocycles. The Kier molecular flexibility index (Phi) is 3.47. The third kappa shape index (κ3) is 3.25. The maximum atomic E-state index is 11.1. The molecule has 1 heterocycles. The van der Waals surface area contributed by atoms with Crippen LogP contribution in [0.2, 0.25) is 0 Å². The van der Waals surface area contributed by atoms with Crippen LogP contribution >= 0.6 is 0 Å². The zero-order chi connectivity index (χ0) is 10.8. The lowest BCUT2D eigenvalue weighted by atomic mass is 10.1. The molecule has 1 aliphatic rings. The van der Waals surface area contributed by atoms with Gasteiger partial charge in [-0.25, -0.2) is 5.84 Å². The molecular weight excluding hydrogens is 182 g/mol. The average molecular weight is 201 g/mol. The van der Waals surface area contributed by atoms with Crippen molar-refractivity contribution in [1.29, 1.82) is 0 Å². The van der Waals surface area contributed by atoms with E-state index in [2.05, 4.69) is 10.3 Å². The van der Waals surface area contributed by atoms with Crippen LogP contribution in [0, 0.1) is 0 Å². The molecule has 14 heavy (non-hydrogen) atoms. The molecule has 0 spiro atoms. The van der Waals surface area contributed by atoms with E-state index in [0.29, 0.717) is 6.54 Å². The number of carbonyl (C=O) groups is 1. The largest absolute Gasteiger partial charge is 0.370 e. The number of amides is 1. The number of nitrogens with zero attached hydrogens (tertiary/aromatic N) is 1. The second-order valence-electron chi connectivity index (χ2n) is 4.43. The molecule has 5 nitrogen and oxygen atoms in total. The molecule has 0 aromatic heterocycles. The third-order valence-corrected chi connectivity index (χ3v) is 2.17. The van der Waals surface area contributed by atoms with E-state index in [1.165, 1.54) is 0 Å². The van der Waals surface area contributed by atoms with Crippen molar-refractivity contribution < 1.29 is 9.53 Å². The molecule has 1 amide bonds. The monoisotopic (exact) mass is 201 g/mol. The van der Waals surface area contributed by atoms with Gasteiger partial charge in [0.15, 0.2) is 0 Å². The molecule has 0 aliphatic carbocycles. The Morgan fingerprint density at radius 3 is 2.86 bits per heavy atom. The lowest BCUT2D eigenvalue weighted by Crippen LogP contribution is -2.54. The summed E-state index contributed by atoms with van der Waals surface area (Å²) in [5.74, 6) is 4.88. The number of hydrogen-bond donors (Lipinski definition) is 2. The highest BCUT2D eigenvalue weighted by Gasteiger charge is 2.31. The average Bonchev–Trinajstić information content (AvgIpc) is 1.99. The van der Waals surface area contributed by atoms with Crippen molar-refractivity contribution >= 4 is 5.91 Å². The molecule has 1 rings (SSSR count). The number of nitrogens with two attached hydrogens (primary N) is 1. The molecule has 0 aromatic rings. The van der Waals surface area contributed by atoms with Crippen molar-refractivity contribution in [3.8, 4) is 0 Å². The number of hydrazine groups is 1. The first-order chi connectivity index (χ1) is 6.43. The summed E-state index contributed by atoms with van der Waals surface area (Å²) in [7, 11) is 0. The number of morpholine rings is 1. The topological polar surface area (TPSA) is 67.6 Å². The van der Waals surface area contributed by atoms with Crippen molar-refractivity contribution in [3.05, 3.63) is 0 Å². The standard InChI is InChI=1S/C9H19N3O2/c1-7-4-12(5-8(13)11-10)6-9(2,3)14-7/h7H,4-6,10H2,1-3H3,(H,11,13). The summed E-state index contributed by atoms with van der Waals surface area (Å²) >= 11 is 0. The Hall–Kier alpha value is -0.650. The van der Waals surface area contributed by atoms with Crippen LogP contribution in [-0.4, -0.2) is 42.1 Å². The van der Waals surface area contributed by atoms with Gasteiger partial charge in [-0.05, 0) is 20.8 Å². The van der Waals surface area contributed by atoms with Crippen LogP contribution in [0.3, 0.4) is 0 Å². The Bertz CT molecular complexity index is 218. The van der Waals surface area contributed by atoms with E-state index >= 15 is 0 Å². The number of ether oxygens (including phenoxy) is 1. The van der Waals surface area contributed by atoms with Gasteiger partial charge in [0.05, 0.1) is 18.2 Å². The van der Waals surface area contributed by atoms with E-state index in [0.717, 1.165) is 13.1 Å². The normalized spacial score (nSPS) is 27.3. The highest BCUT2D eigenvalue weighted by Crippen LogP contribution is 2.20. The van der Waals surface area contributed by atoms with Gasteiger partial charge < -0.3 is 4.74 Å². The summed E-state index contributed by atoms with van der Waals surface area (Å²) in [4.78, 5) is 13.1. The van der Waals surface area contributed by atoms with Crippen LogP contribution in [0.25, 0.3) is 0 Å². The molecule has 0 aromatic carbocycles. The summed E-state index contributed by atoms with van der Waals surface area (Å²) in [5.41, 5.74) is 1.95. The minimum absolute atomic E-state index is 0.157. The highest BCUT2D eigenvalue weighted by atomic mass is 16.5. The first-order valence-electron chi connectivity index (χ1n) is 4.82. The van der Waals surface area contributed by atoms with Gasteiger partial charge in [-0.2, -0.15) is 0 Å². The second kappa shape index (κ2) is 4.25. The summed E-state index contributed by atoms with van der Waals surface area (Å²) in [6.45, 7) is 7.93. The van der Waals surface area contributed by atoms with Crippen molar-refractivity contribution in [2.24, 2.45) is 5.84 Å². The lowest BCUT2D eigenvalue weighted by molar-refractivity contribution is -0.139. The first kappa shape index (κ1) is 11.4. The number of carbonyl (C=O) groups excluding carboxylic acids is 1. The van der Waals surface area contributed by atoms with Gasteiger partial charge in [-0.15, -0.1) is 0 Å². The highest BCUT2D eigenvalue weighted by molar-refractivity contribution is 5.77. The molecule has 1 unspecified atom stereocenters. The van der Waals surface area contributed by atoms with Crippen LogP contribution in [0.15, 0.2) is 0 Å². The summed E-state index contributed by atoms with van der Waals surface area (Å²) in [6.07, 6.45) is 0.157. The van der Waals surface area contributed by atoms with Crippen molar-refractivity contribution in [2.45, 2.75) is 32.5 Å². The first-order valence-corrected chi connectivity index (χ1v) is 4.82. The Morgan fingerprint density at radius 1 is 1.71 bits per heavy atom. The van der Waals surface area contributed by atoms with Gasteiger partial charge in [0, 0.05) is 13.1 Å². The van der Waals surface area contributed by atoms with Gasteiger partial charge in [0.1, 0.15) is 0 Å². The Labute approximate surface area is 84.5 Å². The van der Waals surface area contributed by atoms with E-state index < -0.39 is 0 Å². The van der Waals surface area contributed by atoms with Gasteiger partial charge >= 0.3 is 0 Å². The van der Waals surface area contributed by atoms with Crippen molar-refractivity contribution in [1.82, 2.24) is 10.3 Å². The fourth-order valence-electron chi connectivity index (χ4n) is 1.96. The minimum atomic E-state index is -0.188. The molecule has 82 valence electrons. The minimum Gasteiger partial charge on any atom is -0.370 e. The van der Waals surface area contributed by atoms with E-state index in [4.69, 9.17) is 10.6 Å². The SMILES string of the molecule is CC1CN(CC(=O)NN)CC(C)(C)O1. The number of nitrogens with one attached hydrogen (secondary N) is 1. The molecule has 1 fully saturated rings. The molecule has 1 aliphatic heterocycles. The third-order valence-electron chi connectivity index (χ3n) is 2.17. The fourth-order valence-corrected chi connectivity index (χ4v) is 1.96. The summed E-state index contributed by atoms with van der Waals surface area (Å²) in [5, 5.41) is 0. The predicted octanol–water partition coefficient (Wildman–Crippen LogP) is -0.524. The van der Waals surface area contributed by atoms with Crippen LogP contribution in [0.1, 0.15) is 20.8 Å². The predicted molar refractivity (Wildman–Crippen MR) is 53.4 cm³/mol. The van der Waals surface area contributed by atoms with Crippen LogP contribution in [0.4, 0.5) is 0 Å². The molecule has 3 N–H and O–H groups in total. The molecular formula is C9H19N3O2. The maximum absolute atomic E-state index is 11.1. The van der Waals surface area contributed by atoms with Gasteiger partial charge in [-0.3, -0.25) is 15.1 Å².